The number of nitrogens with one attached hydrogen (secondary N) is 1. The molecule has 2 unspecified atom stereocenters. The molecular weight excluding hydrogens is 279 g/mol. The Labute approximate surface area is 111 Å². The zero-order valence-electron chi connectivity index (χ0n) is 9.98. The van der Waals surface area contributed by atoms with Crippen molar-refractivity contribution in [3.63, 3.8) is 0 Å². The summed E-state index contributed by atoms with van der Waals surface area (Å²) in [4.78, 5) is 22.2. The summed E-state index contributed by atoms with van der Waals surface area (Å²) >= 11 is 0. The maximum atomic E-state index is 12.6. The van der Waals surface area contributed by atoms with E-state index in [9.17, 15) is 22.8 Å². The van der Waals surface area contributed by atoms with Crippen LogP contribution in [0.1, 0.15) is 17.2 Å². The van der Waals surface area contributed by atoms with Crippen LogP contribution < -0.4 is 5.32 Å². The van der Waals surface area contributed by atoms with Gasteiger partial charge in [-0.25, -0.2) is 4.79 Å². The lowest BCUT2D eigenvalue weighted by molar-refractivity contribution is -0.155. The van der Waals surface area contributed by atoms with Crippen molar-refractivity contribution in [1.82, 2.24) is 5.32 Å². The van der Waals surface area contributed by atoms with Crippen LogP contribution >= 0.6 is 0 Å². The van der Waals surface area contributed by atoms with E-state index in [1.165, 1.54) is 6.07 Å². The predicted octanol–water partition coefficient (Wildman–Crippen LogP) is 1.35. The number of morpholine rings is 1. The van der Waals surface area contributed by atoms with Crippen molar-refractivity contribution in [1.29, 1.82) is 0 Å². The molecule has 0 radical (unpaired) electrons. The van der Waals surface area contributed by atoms with Crippen LogP contribution in [0.5, 0.6) is 0 Å². The molecule has 1 aliphatic rings. The highest BCUT2D eigenvalue weighted by Crippen LogP contribution is 2.32. The van der Waals surface area contributed by atoms with E-state index in [1.54, 1.807) is 0 Å². The number of amides is 1. The number of hydrogen-bond acceptors (Lipinski definition) is 3. The lowest BCUT2D eigenvalue weighted by atomic mass is 9.98. The Balaban J connectivity index is 2.34. The van der Waals surface area contributed by atoms with Crippen LogP contribution in [0.4, 0.5) is 13.2 Å². The van der Waals surface area contributed by atoms with Gasteiger partial charge in [0.05, 0.1) is 5.56 Å². The largest absolute Gasteiger partial charge is 0.480 e. The van der Waals surface area contributed by atoms with Gasteiger partial charge in [-0.05, 0) is 17.7 Å². The van der Waals surface area contributed by atoms with E-state index in [4.69, 9.17) is 9.84 Å². The van der Waals surface area contributed by atoms with Crippen LogP contribution in [-0.2, 0) is 20.5 Å². The van der Waals surface area contributed by atoms with Gasteiger partial charge in [-0.3, -0.25) is 4.79 Å². The Morgan fingerprint density at radius 1 is 1.40 bits per heavy atom. The molecule has 0 aliphatic carbocycles. The number of ether oxygens (including phenoxy) is 1. The third-order valence-corrected chi connectivity index (χ3v) is 2.82. The molecule has 2 N–H and O–H groups in total. The van der Waals surface area contributed by atoms with Crippen molar-refractivity contribution >= 4 is 11.9 Å². The van der Waals surface area contributed by atoms with Crippen molar-refractivity contribution in [2.45, 2.75) is 18.3 Å². The molecule has 1 heterocycles. The topological polar surface area (TPSA) is 75.6 Å². The number of carbonyl (C=O) groups is 2. The monoisotopic (exact) mass is 289 g/mol. The lowest BCUT2D eigenvalue weighted by Gasteiger charge is -2.30. The average molecular weight is 289 g/mol. The molecule has 1 aromatic rings. The first kappa shape index (κ1) is 14.3. The fourth-order valence-electron chi connectivity index (χ4n) is 1.92. The van der Waals surface area contributed by atoms with Gasteiger partial charge < -0.3 is 15.2 Å². The minimum Gasteiger partial charge on any atom is -0.480 e. The van der Waals surface area contributed by atoms with Crippen LogP contribution in [0.25, 0.3) is 0 Å². The first-order valence-corrected chi connectivity index (χ1v) is 5.60. The van der Waals surface area contributed by atoms with E-state index < -0.39 is 42.4 Å². The molecule has 1 aromatic carbocycles. The summed E-state index contributed by atoms with van der Waals surface area (Å²) in [5.41, 5.74) is -0.855. The van der Waals surface area contributed by atoms with Gasteiger partial charge in [0.15, 0.2) is 6.04 Å². The number of alkyl halides is 3. The van der Waals surface area contributed by atoms with Gasteiger partial charge in [-0.15, -0.1) is 0 Å². The van der Waals surface area contributed by atoms with E-state index in [1.807, 2.05) is 0 Å². The van der Waals surface area contributed by atoms with Crippen LogP contribution in [-0.4, -0.2) is 29.6 Å². The van der Waals surface area contributed by atoms with Crippen LogP contribution in [0.3, 0.4) is 0 Å². The van der Waals surface area contributed by atoms with Crippen molar-refractivity contribution < 1.29 is 32.6 Å². The molecule has 0 bridgehead atoms. The summed E-state index contributed by atoms with van der Waals surface area (Å²) in [7, 11) is 0. The first-order chi connectivity index (χ1) is 9.29. The molecule has 5 nitrogen and oxygen atoms in total. The van der Waals surface area contributed by atoms with Crippen LogP contribution in [0, 0.1) is 0 Å². The molecule has 1 fully saturated rings. The Hall–Kier alpha value is -2.09. The fraction of sp³-hybridized carbons (Fsp3) is 0.333. The standard InChI is InChI=1S/C12H10F3NO4/c13-12(14,15)7-3-1-2-6(4-7)10-9(11(18)19)16-8(17)5-20-10/h1-4,9-10H,5H2,(H,16,17)(H,18,19). The summed E-state index contributed by atoms with van der Waals surface area (Å²) in [6.07, 6.45) is -5.69. The Morgan fingerprint density at radius 2 is 2.10 bits per heavy atom. The molecule has 1 amide bonds. The molecule has 0 spiro atoms. The third kappa shape index (κ3) is 2.90. The minimum atomic E-state index is -4.54. The van der Waals surface area contributed by atoms with Gasteiger partial charge in [0.2, 0.25) is 5.91 Å². The molecule has 108 valence electrons. The van der Waals surface area contributed by atoms with Gasteiger partial charge in [0.1, 0.15) is 12.7 Å². The van der Waals surface area contributed by atoms with Gasteiger partial charge in [-0.1, -0.05) is 12.1 Å². The van der Waals surface area contributed by atoms with Crippen molar-refractivity contribution in [3.8, 4) is 0 Å². The van der Waals surface area contributed by atoms with Crippen LogP contribution in [0.2, 0.25) is 0 Å². The van der Waals surface area contributed by atoms with E-state index in [0.29, 0.717) is 0 Å². The normalized spacial score (nSPS) is 23.2. The second-order valence-electron chi connectivity index (χ2n) is 4.24. The summed E-state index contributed by atoms with van der Waals surface area (Å²) < 4.78 is 42.9. The quantitative estimate of drug-likeness (QED) is 0.861. The lowest BCUT2D eigenvalue weighted by Crippen LogP contribution is -2.51. The van der Waals surface area contributed by atoms with Crippen molar-refractivity contribution in [2.24, 2.45) is 0 Å². The Bertz CT molecular complexity index is 544. The molecular formula is C12H10F3NO4. The first-order valence-electron chi connectivity index (χ1n) is 5.60. The zero-order valence-corrected chi connectivity index (χ0v) is 9.98. The zero-order chi connectivity index (χ0) is 14.9. The van der Waals surface area contributed by atoms with Crippen molar-refractivity contribution in [3.05, 3.63) is 35.4 Å². The van der Waals surface area contributed by atoms with E-state index in [-0.39, 0.29) is 5.56 Å². The molecule has 1 saturated heterocycles. The Morgan fingerprint density at radius 3 is 2.70 bits per heavy atom. The number of halogens is 3. The maximum Gasteiger partial charge on any atom is 0.416 e. The second-order valence-corrected chi connectivity index (χ2v) is 4.24. The minimum absolute atomic E-state index is 0.0484. The number of benzene rings is 1. The number of carboxylic acids is 1. The van der Waals surface area contributed by atoms with Gasteiger partial charge in [0, 0.05) is 0 Å². The smallest absolute Gasteiger partial charge is 0.416 e. The Kier molecular flexibility index (Phi) is 3.67. The third-order valence-electron chi connectivity index (χ3n) is 2.82. The van der Waals surface area contributed by atoms with E-state index in [0.717, 1.165) is 18.2 Å². The highest BCUT2D eigenvalue weighted by Gasteiger charge is 2.37. The van der Waals surface area contributed by atoms with Gasteiger partial charge in [-0.2, -0.15) is 13.2 Å². The van der Waals surface area contributed by atoms with E-state index >= 15 is 0 Å². The highest BCUT2D eigenvalue weighted by molar-refractivity contribution is 5.86. The van der Waals surface area contributed by atoms with Gasteiger partial charge >= 0.3 is 12.1 Å². The fourth-order valence-corrected chi connectivity index (χ4v) is 1.92. The number of hydrogen-bond donors (Lipinski definition) is 2. The van der Waals surface area contributed by atoms with Crippen LogP contribution in [0.15, 0.2) is 24.3 Å². The molecule has 8 heteroatoms. The molecule has 0 saturated carbocycles. The van der Waals surface area contributed by atoms with E-state index in [2.05, 4.69) is 5.32 Å². The second kappa shape index (κ2) is 5.12. The molecule has 1 aliphatic heterocycles. The molecule has 2 atom stereocenters. The number of carbonyl (C=O) groups excluding carboxylic acids is 1. The molecule has 2 rings (SSSR count). The molecule has 20 heavy (non-hydrogen) atoms. The summed E-state index contributed by atoms with van der Waals surface area (Å²) in [6, 6.07) is 2.77. The number of aliphatic carboxylic acids is 1. The highest BCUT2D eigenvalue weighted by atomic mass is 19.4. The number of rotatable bonds is 2. The predicted molar refractivity (Wildman–Crippen MR) is 59.7 cm³/mol. The van der Waals surface area contributed by atoms with Crippen molar-refractivity contribution in [2.75, 3.05) is 6.61 Å². The number of carboxylic acid groups (broad SMARTS) is 1. The van der Waals surface area contributed by atoms with Gasteiger partial charge in [0.25, 0.3) is 0 Å². The summed E-state index contributed by atoms with van der Waals surface area (Å²) in [5.74, 6) is -2.00. The maximum absolute atomic E-state index is 12.6. The SMILES string of the molecule is O=C1COC(c2cccc(C(F)(F)F)c2)C(C(=O)O)N1. The summed E-state index contributed by atoms with van der Waals surface area (Å²) in [5, 5.41) is 11.2. The molecule has 0 aromatic heterocycles. The average Bonchev–Trinajstić information content (AvgIpc) is 2.37. The summed E-state index contributed by atoms with van der Waals surface area (Å²) in [6.45, 7) is -0.398.